The molecular formula is C13H18INO4. The van der Waals surface area contributed by atoms with Gasteiger partial charge in [0.2, 0.25) is 0 Å². The van der Waals surface area contributed by atoms with Gasteiger partial charge in [-0.2, -0.15) is 0 Å². The van der Waals surface area contributed by atoms with Crippen LogP contribution in [-0.2, 0) is 0 Å². The zero-order valence-corrected chi connectivity index (χ0v) is 13.4. The molecule has 0 saturated heterocycles. The van der Waals surface area contributed by atoms with Gasteiger partial charge < -0.3 is 19.5 Å². The minimum absolute atomic E-state index is 0.178. The second-order valence-corrected chi connectivity index (χ2v) is 4.78. The van der Waals surface area contributed by atoms with Crippen LogP contribution in [0.1, 0.15) is 16.8 Å². The Labute approximate surface area is 126 Å². The number of hydrogen-bond donors (Lipinski definition) is 1. The summed E-state index contributed by atoms with van der Waals surface area (Å²) in [5, 5.41) is 2.84. The molecular weight excluding hydrogens is 361 g/mol. The van der Waals surface area contributed by atoms with Crippen molar-refractivity contribution in [2.24, 2.45) is 0 Å². The molecule has 106 valence electrons. The van der Waals surface area contributed by atoms with E-state index in [1.165, 1.54) is 21.3 Å². The Morgan fingerprint density at radius 1 is 1.11 bits per heavy atom. The van der Waals surface area contributed by atoms with Crippen molar-refractivity contribution >= 4 is 28.5 Å². The summed E-state index contributed by atoms with van der Waals surface area (Å²) in [6.45, 7) is 0.638. The molecule has 0 aliphatic carbocycles. The van der Waals surface area contributed by atoms with E-state index < -0.39 is 0 Å². The fourth-order valence-corrected chi connectivity index (χ4v) is 1.95. The van der Waals surface area contributed by atoms with E-state index in [2.05, 4.69) is 27.9 Å². The van der Waals surface area contributed by atoms with E-state index >= 15 is 0 Å². The van der Waals surface area contributed by atoms with E-state index in [4.69, 9.17) is 14.2 Å². The van der Waals surface area contributed by atoms with E-state index in [9.17, 15) is 4.79 Å². The third-order valence-corrected chi connectivity index (χ3v) is 3.31. The molecule has 0 spiro atoms. The molecule has 6 heteroatoms. The lowest BCUT2D eigenvalue weighted by Gasteiger charge is -2.13. The van der Waals surface area contributed by atoms with Crippen LogP contribution in [0.3, 0.4) is 0 Å². The van der Waals surface area contributed by atoms with Gasteiger partial charge in [-0.05, 0) is 6.42 Å². The van der Waals surface area contributed by atoms with Gasteiger partial charge in [-0.25, -0.2) is 0 Å². The van der Waals surface area contributed by atoms with Crippen LogP contribution in [0.4, 0.5) is 0 Å². The van der Waals surface area contributed by atoms with Crippen LogP contribution >= 0.6 is 22.6 Å². The summed E-state index contributed by atoms with van der Waals surface area (Å²) in [6.07, 6.45) is 0.932. The molecule has 0 saturated carbocycles. The number of benzene rings is 1. The average Bonchev–Trinajstić information content (AvgIpc) is 2.45. The van der Waals surface area contributed by atoms with Crippen molar-refractivity contribution in [1.29, 1.82) is 0 Å². The summed E-state index contributed by atoms with van der Waals surface area (Å²) in [4.78, 5) is 12.1. The SMILES string of the molecule is COc1cc(OC)c(C(=O)NCCCI)cc1OC. The van der Waals surface area contributed by atoms with E-state index in [0.717, 1.165) is 10.8 Å². The van der Waals surface area contributed by atoms with Crippen LogP contribution < -0.4 is 19.5 Å². The maximum atomic E-state index is 12.1. The quantitative estimate of drug-likeness (QED) is 0.449. The van der Waals surface area contributed by atoms with Crippen molar-refractivity contribution in [3.8, 4) is 17.2 Å². The van der Waals surface area contributed by atoms with Gasteiger partial charge in [-0.3, -0.25) is 4.79 Å². The van der Waals surface area contributed by atoms with E-state index in [0.29, 0.717) is 29.4 Å². The Hall–Kier alpha value is -1.18. The fraction of sp³-hybridized carbons (Fsp3) is 0.462. The molecule has 1 N–H and O–H groups in total. The van der Waals surface area contributed by atoms with Gasteiger partial charge in [0.25, 0.3) is 5.91 Å². The Kier molecular flexibility index (Phi) is 6.75. The molecule has 0 bridgehead atoms. The first-order valence-electron chi connectivity index (χ1n) is 5.82. The monoisotopic (exact) mass is 379 g/mol. The maximum absolute atomic E-state index is 12.1. The summed E-state index contributed by atoms with van der Waals surface area (Å²) >= 11 is 2.27. The van der Waals surface area contributed by atoms with E-state index in [-0.39, 0.29) is 5.91 Å². The van der Waals surface area contributed by atoms with Crippen molar-refractivity contribution in [3.63, 3.8) is 0 Å². The number of rotatable bonds is 7. The number of carbonyl (C=O) groups excluding carboxylic acids is 1. The van der Waals surface area contributed by atoms with Gasteiger partial charge in [0.15, 0.2) is 11.5 Å². The molecule has 0 aliphatic heterocycles. The summed E-state index contributed by atoms with van der Waals surface area (Å²) in [5.74, 6) is 1.32. The molecule has 1 amide bonds. The van der Waals surface area contributed by atoms with Gasteiger partial charge in [0.1, 0.15) is 5.75 Å². The number of hydrogen-bond acceptors (Lipinski definition) is 4. The minimum Gasteiger partial charge on any atom is -0.496 e. The predicted molar refractivity (Wildman–Crippen MR) is 81.9 cm³/mol. The molecule has 0 aromatic heterocycles. The smallest absolute Gasteiger partial charge is 0.255 e. The highest BCUT2D eigenvalue weighted by atomic mass is 127. The molecule has 1 rings (SSSR count). The van der Waals surface area contributed by atoms with Gasteiger partial charge >= 0.3 is 0 Å². The molecule has 19 heavy (non-hydrogen) atoms. The third kappa shape index (κ3) is 4.15. The maximum Gasteiger partial charge on any atom is 0.255 e. The summed E-state index contributed by atoms with van der Waals surface area (Å²) in [5.41, 5.74) is 0.439. The average molecular weight is 379 g/mol. The Morgan fingerprint density at radius 3 is 2.21 bits per heavy atom. The van der Waals surface area contributed by atoms with Crippen molar-refractivity contribution < 1.29 is 19.0 Å². The van der Waals surface area contributed by atoms with Crippen molar-refractivity contribution in [1.82, 2.24) is 5.32 Å². The molecule has 0 radical (unpaired) electrons. The van der Waals surface area contributed by atoms with Crippen molar-refractivity contribution in [3.05, 3.63) is 17.7 Å². The minimum atomic E-state index is -0.178. The predicted octanol–water partition coefficient (Wildman–Crippen LogP) is 2.27. The molecule has 0 atom stereocenters. The molecule has 0 heterocycles. The van der Waals surface area contributed by atoms with Gasteiger partial charge in [-0.15, -0.1) is 0 Å². The highest BCUT2D eigenvalue weighted by Crippen LogP contribution is 2.34. The summed E-state index contributed by atoms with van der Waals surface area (Å²) in [6, 6.07) is 3.27. The lowest BCUT2D eigenvalue weighted by molar-refractivity contribution is 0.0950. The van der Waals surface area contributed by atoms with Crippen LogP contribution in [-0.4, -0.2) is 38.2 Å². The van der Waals surface area contributed by atoms with Crippen molar-refractivity contribution in [2.45, 2.75) is 6.42 Å². The number of carbonyl (C=O) groups is 1. The highest BCUT2D eigenvalue weighted by Gasteiger charge is 2.17. The zero-order chi connectivity index (χ0) is 14.3. The lowest BCUT2D eigenvalue weighted by Crippen LogP contribution is -2.25. The Bertz CT molecular complexity index is 437. The normalized spacial score (nSPS) is 9.89. The number of amides is 1. The first-order valence-corrected chi connectivity index (χ1v) is 7.34. The lowest BCUT2D eigenvalue weighted by atomic mass is 10.1. The topological polar surface area (TPSA) is 56.8 Å². The third-order valence-electron chi connectivity index (χ3n) is 2.55. The number of nitrogens with one attached hydrogen (secondary N) is 1. The van der Waals surface area contributed by atoms with Crippen LogP contribution in [0.25, 0.3) is 0 Å². The van der Waals surface area contributed by atoms with Crippen LogP contribution in [0.2, 0.25) is 0 Å². The number of ether oxygens (including phenoxy) is 3. The molecule has 1 aromatic carbocycles. The van der Waals surface area contributed by atoms with Crippen molar-refractivity contribution in [2.75, 3.05) is 32.3 Å². The molecule has 0 aliphatic rings. The van der Waals surface area contributed by atoms with E-state index in [1.54, 1.807) is 12.1 Å². The second-order valence-electron chi connectivity index (χ2n) is 3.71. The molecule has 0 fully saturated rings. The van der Waals surface area contributed by atoms with E-state index in [1.807, 2.05) is 0 Å². The first-order chi connectivity index (χ1) is 9.17. The van der Waals surface area contributed by atoms with Gasteiger partial charge in [0, 0.05) is 23.1 Å². The largest absolute Gasteiger partial charge is 0.496 e. The summed E-state index contributed by atoms with van der Waals surface area (Å²) in [7, 11) is 4.59. The van der Waals surface area contributed by atoms with Crippen LogP contribution in [0.15, 0.2) is 12.1 Å². The number of halogens is 1. The zero-order valence-electron chi connectivity index (χ0n) is 11.3. The fourth-order valence-electron chi connectivity index (χ4n) is 1.57. The number of alkyl halides is 1. The molecule has 0 unspecified atom stereocenters. The Balaban J connectivity index is 3.00. The Morgan fingerprint density at radius 2 is 1.68 bits per heavy atom. The second kappa shape index (κ2) is 8.08. The van der Waals surface area contributed by atoms with Gasteiger partial charge in [-0.1, -0.05) is 22.6 Å². The van der Waals surface area contributed by atoms with Crippen LogP contribution in [0.5, 0.6) is 17.2 Å². The molecule has 1 aromatic rings. The first kappa shape index (κ1) is 15.9. The highest BCUT2D eigenvalue weighted by molar-refractivity contribution is 14.1. The molecule has 5 nitrogen and oxygen atoms in total. The van der Waals surface area contributed by atoms with Gasteiger partial charge in [0.05, 0.1) is 26.9 Å². The van der Waals surface area contributed by atoms with Crippen LogP contribution in [0, 0.1) is 0 Å². The standard InChI is InChI=1S/C13H18INO4/c1-17-10-8-12(19-3)11(18-2)7-9(10)13(16)15-6-4-5-14/h7-8H,4-6H2,1-3H3,(H,15,16). The number of methoxy groups -OCH3 is 3. The summed E-state index contributed by atoms with van der Waals surface area (Å²) < 4.78 is 16.6.